The molecule has 5 heteroatoms. The number of furan rings is 1. The van der Waals surface area contributed by atoms with Crippen molar-refractivity contribution in [2.75, 3.05) is 0 Å². The Balaban J connectivity index is 1.50. The van der Waals surface area contributed by atoms with Gasteiger partial charge in [-0.1, -0.05) is 54.6 Å². The van der Waals surface area contributed by atoms with Gasteiger partial charge in [-0.2, -0.15) is 0 Å². The molecular weight excluding hydrogens is 462 g/mol. The number of imidazole rings is 1. The van der Waals surface area contributed by atoms with Crippen LogP contribution in [0.4, 0.5) is 0 Å². The van der Waals surface area contributed by atoms with Crippen molar-refractivity contribution in [3.63, 3.8) is 0 Å². The molecule has 36 heavy (non-hydrogen) atoms. The Kier molecular flexibility index (Phi) is 3.99. The second kappa shape index (κ2) is 7.26. The van der Waals surface area contributed by atoms with Crippen molar-refractivity contribution in [2.24, 2.45) is 0 Å². The number of para-hydroxylation sites is 4. The third kappa shape index (κ3) is 2.69. The van der Waals surface area contributed by atoms with Gasteiger partial charge < -0.3 is 4.42 Å². The summed E-state index contributed by atoms with van der Waals surface area (Å²) in [6, 6.07) is 33.6. The Labute approximate surface area is 210 Å². The average Bonchev–Trinajstić information content (AvgIpc) is 3.59. The number of nitrogens with zero attached hydrogens (tertiary/aromatic N) is 3. The highest BCUT2D eigenvalue weighted by Crippen LogP contribution is 2.42. The molecule has 0 aliphatic rings. The maximum absolute atomic E-state index is 6.44. The molecule has 0 aliphatic heterocycles. The van der Waals surface area contributed by atoms with Gasteiger partial charge in [0, 0.05) is 37.5 Å². The van der Waals surface area contributed by atoms with Gasteiger partial charge in [-0.25, -0.2) is 9.97 Å². The summed E-state index contributed by atoms with van der Waals surface area (Å²) in [7, 11) is 0. The van der Waals surface area contributed by atoms with Gasteiger partial charge in [-0.05, 0) is 49.4 Å². The van der Waals surface area contributed by atoms with E-state index in [9.17, 15) is 0 Å². The second-order valence-corrected chi connectivity index (χ2v) is 10.1. The van der Waals surface area contributed by atoms with Crippen molar-refractivity contribution in [2.45, 2.75) is 6.92 Å². The summed E-state index contributed by atoms with van der Waals surface area (Å²) in [6.07, 6.45) is 0. The summed E-state index contributed by atoms with van der Waals surface area (Å²) in [4.78, 5) is 11.0. The van der Waals surface area contributed by atoms with Gasteiger partial charge in [0.2, 0.25) is 0 Å². The largest absolute Gasteiger partial charge is 0.454 e. The molecule has 0 saturated carbocycles. The summed E-state index contributed by atoms with van der Waals surface area (Å²) in [6.45, 7) is 2.04. The highest BCUT2D eigenvalue weighted by Gasteiger charge is 2.21. The van der Waals surface area contributed by atoms with Crippen LogP contribution in [0.2, 0.25) is 0 Å². The SMILES string of the molecule is Cc1ccc2c(n1)sc1c(-c3nc4ccccc4n3-c3cccc4c3oc3ccccc34)cccc12. The van der Waals surface area contributed by atoms with Crippen LogP contribution in [0.15, 0.2) is 101 Å². The van der Waals surface area contributed by atoms with Crippen LogP contribution in [0.5, 0.6) is 0 Å². The minimum atomic E-state index is 0.865. The number of aryl methyl sites for hydroxylation is 1. The summed E-state index contributed by atoms with van der Waals surface area (Å²) in [5.74, 6) is 0.901. The Morgan fingerprint density at radius 2 is 1.50 bits per heavy atom. The highest BCUT2D eigenvalue weighted by molar-refractivity contribution is 7.26. The lowest BCUT2D eigenvalue weighted by molar-refractivity contribution is 0.666. The number of benzene rings is 4. The van der Waals surface area contributed by atoms with E-state index in [-0.39, 0.29) is 0 Å². The first-order chi connectivity index (χ1) is 17.8. The van der Waals surface area contributed by atoms with Crippen molar-refractivity contribution in [1.29, 1.82) is 0 Å². The summed E-state index contributed by atoms with van der Waals surface area (Å²) < 4.78 is 9.88. The molecule has 0 bridgehead atoms. The van der Waals surface area contributed by atoms with Gasteiger partial charge in [-0.3, -0.25) is 4.57 Å². The average molecular weight is 482 g/mol. The Hall–Kier alpha value is -4.48. The molecule has 170 valence electrons. The Bertz CT molecular complexity index is 2130. The number of hydrogen-bond donors (Lipinski definition) is 0. The van der Waals surface area contributed by atoms with Gasteiger partial charge >= 0.3 is 0 Å². The molecule has 0 N–H and O–H groups in total. The van der Waals surface area contributed by atoms with Crippen LogP contribution >= 0.6 is 11.3 Å². The first-order valence-electron chi connectivity index (χ1n) is 11.9. The van der Waals surface area contributed by atoms with Crippen molar-refractivity contribution in [3.05, 3.63) is 103 Å². The molecule has 0 fully saturated rings. The molecule has 0 spiro atoms. The molecule has 0 amide bonds. The number of aromatic nitrogens is 3. The van der Waals surface area contributed by atoms with E-state index in [0.717, 1.165) is 60.6 Å². The molecule has 4 nitrogen and oxygen atoms in total. The van der Waals surface area contributed by atoms with Crippen molar-refractivity contribution < 1.29 is 4.42 Å². The molecule has 0 atom stereocenters. The Morgan fingerprint density at radius 3 is 2.47 bits per heavy atom. The van der Waals surface area contributed by atoms with Crippen molar-refractivity contribution >= 4 is 64.6 Å². The lowest BCUT2D eigenvalue weighted by Crippen LogP contribution is -1.98. The zero-order chi connectivity index (χ0) is 23.8. The first-order valence-corrected chi connectivity index (χ1v) is 12.8. The Morgan fingerprint density at radius 1 is 0.694 bits per heavy atom. The third-order valence-electron chi connectivity index (χ3n) is 6.93. The van der Waals surface area contributed by atoms with Crippen molar-refractivity contribution in [3.8, 4) is 17.1 Å². The molecule has 8 aromatic rings. The second-order valence-electron chi connectivity index (χ2n) is 9.10. The lowest BCUT2D eigenvalue weighted by Gasteiger charge is -2.11. The van der Waals surface area contributed by atoms with Crippen LogP contribution in [-0.2, 0) is 0 Å². The standard InChI is InChI=1S/C31H19N3OS/c1-18-16-17-22-21-10-6-11-23(29(21)36-31(22)32-18)30-33-24-12-3-4-13-25(24)34(30)26-14-7-9-20-19-8-2-5-15-27(19)35-28(20)26/h2-17H,1H3. The molecule has 0 radical (unpaired) electrons. The van der Waals surface area contributed by atoms with Crippen LogP contribution in [-0.4, -0.2) is 14.5 Å². The van der Waals surface area contributed by atoms with E-state index in [4.69, 9.17) is 14.4 Å². The monoisotopic (exact) mass is 481 g/mol. The molecule has 0 aliphatic carbocycles. The highest BCUT2D eigenvalue weighted by atomic mass is 32.1. The fraction of sp³-hybridized carbons (Fsp3) is 0.0323. The zero-order valence-electron chi connectivity index (χ0n) is 19.4. The molecule has 8 rings (SSSR count). The summed E-state index contributed by atoms with van der Waals surface area (Å²) in [5.41, 5.74) is 6.86. The quantitative estimate of drug-likeness (QED) is 0.248. The van der Waals surface area contributed by atoms with E-state index in [1.807, 2.05) is 25.1 Å². The maximum atomic E-state index is 6.44. The third-order valence-corrected chi connectivity index (χ3v) is 8.08. The molecule has 4 heterocycles. The predicted molar refractivity (Wildman–Crippen MR) is 149 cm³/mol. The minimum Gasteiger partial charge on any atom is -0.454 e. The number of hydrogen-bond acceptors (Lipinski definition) is 4. The van der Waals surface area contributed by atoms with Gasteiger partial charge in [0.1, 0.15) is 16.2 Å². The van der Waals surface area contributed by atoms with Gasteiger partial charge in [-0.15, -0.1) is 11.3 Å². The van der Waals surface area contributed by atoms with Crippen molar-refractivity contribution in [1.82, 2.24) is 14.5 Å². The normalized spacial score (nSPS) is 12.0. The van der Waals surface area contributed by atoms with Gasteiger partial charge in [0.05, 0.1) is 16.7 Å². The number of rotatable bonds is 2. The molecule has 0 unspecified atom stereocenters. The number of pyridine rings is 1. The van der Waals surface area contributed by atoms with E-state index < -0.39 is 0 Å². The van der Waals surface area contributed by atoms with E-state index in [1.54, 1.807) is 11.3 Å². The predicted octanol–water partition coefficient (Wildman–Crippen LogP) is 8.66. The zero-order valence-corrected chi connectivity index (χ0v) is 20.2. The topological polar surface area (TPSA) is 43.9 Å². The van der Waals surface area contributed by atoms with Crippen LogP contribution in [0.25, 0.3) is 70.3 Å². The first kappa shape index (κ1) is 19.8. The summed E-state index contributed by atoms with van der Waals surface area (Å²) in [5, 5.41) is 4.62. The van der Waals surface area contributed by atoms with Crippen LogP contribution in [0.1, 0.15) is 5.69 Å². The van der Waals surface area contributed by atoms with E-state index in [2.05, 4.69) is 83.4 Å². The van der Waals surface area contributed by atoms with E-state index in [0.29, 0.717) is 0 Å². The van der Waals surface area contributed by atoms with E-state index >= 15 is 0 Å². The van der Waals surface area contributed by atoms with Crippen LogP contribution in [0, 0.1) is 6.92 Å². The van der Waals surface area contributed by atoms with Gasteiger partial charge in [0.25, 0.3) is 0 Å². The lowest BCUT2D eigenvalue weighted by atomic mass is 10.1. The fourth-order valence-electron chi connectivity index (χ4n) is 5.31. The van der Waals surface area contributed by atoms with E-state index in [1.165, 1.54) is 15.5 Å². The number of thiophene rings is 1. The smallest absolute Gasteiger partial charge is 0.159 e. The molecule has 4 aromatic heterocycles. The summed E-state index contributed by atoms with van der Waals surface area (Å²) >= 11 is 1.73. The van der Waals surface area contributed by atoms with Crippen LogP contribution < -0.4 is 0 Å². The molecule has 4 aromatic carbocycles. The minimum absolute atomic E-state index is 0.865. The number of fused-ring (bicyclic) bond motifs is 7. The maximum Gasteiger partial charge on any atom is 0.159 e. The molecule has 0 saturated heterocycles. The van der Waals surface area contributed by atoms with Crippen LogP contribution in [0.3, 0.4) is 0 Å². The molecular formula is C31H19N3OS. The fourth-order valence-corrected chi connectivity index (χ4v) is 6.53. The van der Waals surface area contributed by atoms with Gasteiger partial charge in [0.15, 0.2) is 5.58 Å².